The second kappa shape index (κ2) is 5.88. The highest BCUT2D eigenvalue weighted by molar-refractivity contribution is 5.86. The van der Waals surface area contributed by atoms with Crippen LogP contribution in [0, 0.1) is 6.92 Å². The number of hydrogen-bond donors (Lipinski definition) is 0. The van der Waals surface area contributed by atoms with Crippen LogP contribution in [0.5, 0.6) is 11.5 Å². The fourth-order valence-electron chi connectivity index (χ4n) is 3.10. The Hall–Kier alpha value is -2.62. The second-order valence-electron chi connectivity index (χ2n) is 5.95. The van der Waals surface area contributed by atoms with E-state index in [-0.39, 0.29) is 0 Å². The number of pyridine rings is 2. The summed E-state index contributed by atoms with van der Waals surface area (Å²) >= 11 is 0. The summed E-state index contributed by atoms with van der Waals surface area (Å²) in [5, 5.41) is 0.941. The number of aryl methyl sites for hydroxylation is 1. The molecule has 0 atom stereocenters. The van der Waals surface area contributed by atoms with Gasteiger partial charge in [0, 0.05) is 37.4 Å². The van der Waals surface area contributed by atoms with Crippen molar-refractivity contribution in [3.63, 3.8) is 0 Å². The molecule has 0 unspecified atom stereocenters. The average molecular weight is 305 g/mol. The molecule has 4 rings (SSSR count). The van der Waals surface area contributed by atoms with Gasteiger partial charge in [-0.15, -0.1) is 0 Å². The van der Waals surface area contributed by atoms with Crippen LogP contribution in [0.2, 0.25) is 0 Å². The zero-order valence-electron chi connectivity index (χ0n) is 13.2. The fraction of sp³-hybridized carbons (Fsp3) is 0.263. The molecule has 1 aliphatic rings. The lowest BCUT2D eigenvalue weighted by Crippen LogP contribution is -2.17. The molecule has 116 valence electrons. The molecule has 4 nitrogen and oxygen atoms in total. The predicted molar refractivity (Wildman–Crippen MR) is 92.2 cm³/mol. The van der Waals surface area contributed by atoms with E-state index >= 15 is 0 Å². The zero-order chi connectivity index (χ0) is 15.6. The molecule has 3 heterocycles. The summed E-state index contributed by atoms with van der Waals surface area (Å²) in [6.45, 7) is 4.32. The maximum absolute atomic E-state index is 6.07. The highest BCUT2D eigenvalue weighted by atomic mass is 16.5. The van der Waals surface area contributed by atoms with Crippen LogP contribution in [0.1, 0.15) is 18.4 Å². The van der Waals surface area contributed by atoms with Gasteiger partial charge in [-0.2, -0.15) is 0 Å². The van der Waals surface area contributed by atoms with Gasteiger partial charge >= 0.3 is 0 Å². The Balaban J connectivity index is 1.62. The van der Waals surface area contributed by atoms with Crippen LogP contribution in [-0.4, -0.2) is 23.1 Å². The van der Waals surface area contributed by atoms with Crippen LogP contribution in [0.15, 0.2) is 48.9 Å². The summed E-state index contributed by atoms with van der Waals surface area (Å²) < 4.78 is 6.07. The van der Waals surface area contributed by atoms with Crippen LogP contribution >= 0.6 is 0 Å². The molecule has 0 spiro atoms. The van der Waals surface area contributed by atoms with Gasteiger partial charge in [-0.1, -0.05) is 0 Å². The smallest absolute Gasteiger partial charge is 0.139 e. The normalized spacial score (nSPS) is 14.4. The number of anilines is 1. The summed E-state index contributed by atoms with van der Waals surface area (Å²) in [5.74, 6) is 1.63. The quantitative estimate of drug-likeness (QED) is 0.722. The number of ether oxygens (including phenoxy) is 1. The number of hydrogen-bond acceptors (Lipinski definition) is 4. The lowest BCUT2D eigenvalue weighted by molar-refractivity contribution is 0.488. The Bertz CT molecular complexity index is 824. The molecule has 1 fully saturated rings. The van der Waals surface area contributed by atoms with Gasteiger partial charge in [0.1, 0.15) is 11.5 Å². The van der Waals surface area contributed by atoms with E-state index in [9.17, 15) is 0 Å². The molecule has 0 radical (unpaired) electrons. The summed E-state index contributed by atoms with van der Waals surface area (Å²) in [5.41, 5.74) is 3.26. The molecule has 0 amide bonds. The third-order valence-corrected chi connectivity index (χ3v) is 4.33. The Morgan fingerprint density at radius 1 is 1.00 bits per heavy atom. The zero-order valence-corrected chi connectivity index (χ0v) is 13.2. The molecule has 1 aromatic carbocycles. The van der Waals surface area contributed by atoms with Gasteiger partial charge in [-0.05, 0) is 55.7 Å². The molecule has 1 saturated heterocycles. The minimum Gasteiger partial charge on any atom is -0.457 e. The summed E-state index contributed by atoms with van der Waals surface area (Å²) in [6, 6.07) is 10.2. The lowest BCUT2D eigenvalue weighted by atomic mass is 10.2. The largest absolute Gasteiger partial charge is 0.457 e. The predicted octanol–water partition coefficient (Wildman–Crippen LogP) is 4.33. The average Bonchev–Trinajstić information content (AvgIpc) is 3.11. The summed E-state index contributed by atoms with van der Waals surface area (Å²) in [4.78, 5) is 11.1. The fourth-order valence-corrected chi connectivity index (χ4v) is 3.10. The van der Waals surface area contributed by atoms with E-state index in [1.54, 1.807) is 6.20 Å². The van der Waals surface area contributed by atoms with E-state index in [2.05, 4.69) is 27.0 Å². The minimum atomic E-state index is 0.792. The maximum Gasteiger partial charge on any atom is 0.139 e. The van der Waals surface area contributed by atoms with Crippen molar-refractivity contribution in [2.24, 2.45) is 0 Å². The number of rotatable bonds is 3. The Morgan fingerprint density at radius 3 is 2.57 bits per heavy atom. The van der Waals surface area contributed by atoms with Crippen molar-refractivity contribution in [1.29, 1.82) is 0 Å². The molecule has 1 aliphatic heterocycles. The standard InChI is InChI=1S/C19H19N3O/c1-14-12-20-13-17-18(8-9-21-19(14)17)23-16-6-4-15(5-7-16)22-10-2-3-11-22/h4-9,12-13H,2-3,10-11H2,1H3. The SMILES string of the molecule is Cc1cncc2c(Oc3ccc(N4CCCC4)cc3)ccnc12. The van der Waals surface area contributed by atoms with Crippen molar-refractivity contribution < 1.29 is 4.74 Å². The molecule has 0 bridgehead atoms. The molecular formula is C19H19N3O. The van der Waals surface area contributed by atoms with Crippen LogP contribution < -0.4 is 9.64 Å². The van der Waals surface area contributed by atoms with Crippen LogP contribution in [0.4, 0.5) is 5.69 Å². The first-order valence-electron chi connectivity index (χ1n) is 8.03. The van der Waals surface area contributed by atoms with Crippen LogP contribution in [0.25, 0.3) is 10.9 Å². The topological polar surface area (TPSA) is 38.2 Å². The summed E-state index contributed by atoms with van der Waals surface area (Å²) in [6.07, 6.45) is 7.98. The Labute approximate surface area is 135 Å². The monoisotopic (exact) mass is 305 g/mol. The van der Waals surface area contributed by atoms with E-state index in [0.717, 1.165) is 41.1 Å². The highest BCUT2D eigenvalue weighted by Crippen LogP contribution is 2.30. The summed E-state index contributed by atoms with van der Waals surface area (Å²) in [7, 11) is 0. The van der Waals surface area contributed by atoms with Crippen molar-refractivity contribution >= 4 is 16.6 Å². The van der Waals surface area contributed by atoms with Gasteiger partial charge in [0.2, 0.25) is 0 Å². The lowest BCUT2D eigenvalue weighted by Gasteiger charge is -2.18. The molecular weight excluding hydrogens is 286 g/mol. The Morgan fingerprint density at radius 2 is 1.78 bits per heavy atom. The molecule has 0 saturated carbocycles. The van der Waals surface area contributed by atoms with Crippen LogP contribution in [-0.2, 0) is 0 Å². The van der Waals surface area contributed by atoms with Gasteiger partial charge in [0.05, 0.1) is 10.9 Å². The van der Waals surface area contributed by atoms with Gasteiger partial charge in [0.25, 0.3) is 0 Å². The van der Waals surface area contributed by atoms with E-state index in [4.69, 9.17) is 4.74 Å². The molecule has 2 aromatic heterocycles. The van der Waals surface area contributed by atoms with E-state index in [0.29, 0.717) is 0 Å². The Kier molecular flexibility index (Phi) is 3.58. The highest BCUT2D eigenvalue weighted by Gasteiger charge is 2.12. The van der Waals surface area contributed by atoms with Crippen LogP contribution in [0.3, 0.4) is 0 Å². The number of aromatic nitrogens is 2. The van der Waals surface area contributed by atoms with Gasteiger partial charge < -0.3 is 9.64 Å². The van der Waals surface area contributed by atoms with E-state index in [1.807, 2.05) is 37.5 Å². The van der Waals surface area contributed by atoms with Gasteiger partial charge in [-0.3, -0.25) is 9.97 Å². The second-order valence-corrected chi connectivity index (χ2v) is 5.95. The van der Waals surface area contributed by atoms with Crippen molar-refractivity contribution in [2.75, 3.05) is 18.0 Å². The third-order valence-electron chi connectivity index (χ3n) is 4.33. The molecule has 3 aromatic rings. The first-order valence-corrected chi connectivity index (χ1v) is 8.03. The van der Waals surface area contributed by atoms with E-state index in [1.165, 1.54) is 18.5 Å². The van der Waals surface area contributed by atoms with E-state index < -0.39 is 0 Å². The molecule has 0 N–H and O–H groups in total. The molecule has 23 heavy (non-hydrogen) atoms. The number of benzene rings is 1. The molecule has 0 aliphatic carbocycles. The number of fused-ring (bicyclic) bond motifs is 1. The van der Waals surface area contributed by atoms with Crippen molar-refractivity contribution in [2.45, 2.75) is 19.8 Å². The first-order chi connectivity index (χ1) is 11.3. The molecule has 4 heteroatoms. The number of nitrogens with zero attached hydrogens (tertiary/aromatic N) is 3. The van der Waals surface area contributed by atoms with Crippen molar-refractivity contribution in [1.82, 2.24) is 9.97 Å². The van der Waals surface area contributed by atoms with Gasteiger partial charge in [0.15, 0.2) is 0 Å². The first kappa shape index (κ1) is 14.0. The van der Waals surface area contributed by atoms with Gasteiger partial charge in [-0.25, -0.2) is 0 Å². The maximum atomic E-state index is 6.07. The minimum absolute atomic E-state index is 0.792. The van der Waals surface area contributed by atoms with Crippen molar-refractivity contribution in [3.05, 3.63) is 54.5 Å². The third kappa shape index (κ3) is 2.72. The van der Waals surface area contributed by atoms with Crippen molar-refractivity contribution in [3.8, 4) is 11.5 Å².